The van der Waals surface area contributed by atoms with Crippen LogP contribution in [0.1, 0.15) is 68.7 Å². The zero-order chi connectivity index (χ0) is 26.8. The lowest BCUT2D eigenvalue weighted by atomic mass is 9.81. The molecule has 0 fully saturated rings. The predicted molar refractivity (Wildman–Crippen MR) is 130 cm³/mol. The number of hydrogen-bond donors (Lipinski definition) is 1. The van der Waals surface area contributed by atoms with Crippen LogP contribution in [0, 0.1) is 0 Å². The fourth-order valence-electron chi connectivity index (χ4n) is 4.23. The van der Waals surface area contributed by atoms with E-state index >= 15 is 0 Å². The van der Waals surface area contributed by atoms with Gasteiger partial charge in [0.05, 0.1) is 12.8 Å². The number of benzene rings is 1. The summed E-state index contributed by atoms with van der Waals surface area (Å²) >= 11 is 0. The van der Waals surface area contributed by atoms with Gasteiger partial charge in [-0.2, -0.15) is 0 Å². The molecule has 1 aliphatic rings. The second-order valence-corrected chi connectivity index (χ2v) is 9.82. The molecule has 1 N–H and O–H groups in total. The van der Waals surface area contributed by atoms with Crippen molar-refractivity contribution in [2.24, 2.45) is 0 Å². The Hall–Kier alpha value is -3.95. The summed E-state index contributed by atoms with van der Waals surface area (Å²) in [5, 5.41) is 2.36. The van der Waals surface area contributed by atoms with Crippen molar-refractivity contribution in [1.29, 1.82) is 0 Å². The molecule has 2 heterocycles. The molecule has 0 radical (unpaired) electrons. The molecule has 0 spiro atoms. The third-order valence-electron chi connectivity index (χ3n) is 5.82. The first-order valence-electron chi connectivity index (χ1n) is 11.4. The number of carbonyl (C=O) groups is 4. The van der Waals surface area contributed by atoms with Gasteiger partial charge in [0, 0.05) is 12.0 Å². The number of nitrogens with zero attached hydrogens (tertiary/aromatic N) is 1. The number of hydrogen-bond acceptors (Lipinski definition) is 8. The number of methoxy groups -OCH3 is 1. The van der Waals surface area contributed by atoms with Gasteiger partial charge in [0.15, 0.2) is 5.78 Å². The minimum atomic E-state index is -1.52. The van der Waals surface area contributed by atoms with Gasteiger partial charge in [-0.15, -0.1) is 0 Å². The number of nitrogens with one attached hydrogen (secondary N) is 1. The van der Waals surface area contributed by atoms with E-state index in [1.165, 1.54) is 19.9 Å². The van der Waals surface area contributed by atoms with Crippen LogP contribution in [0.2, 0.25) is 0 Å². The van der Waals surface area contributed by atoms with Crippen LogP contribution in [0.3, 0.4) is 0 Å². The lowest BCUT2D eigenvalue weighted by molar-refractivity contribution is -0.152. The number of carbonyl (C=O) groups excluding carboxylic acids is 4. The van der Waals surface area contributed by atoms with Crippen molar-refractivity contribution in [2.75, 3.05) is 12.4 Å². The van der Waals surface area contributed by atoms with Gasteiger partial charge in [-0.25, -0.2) is 9.59 Å². The van der Waals surface area contributed by atoms with E-state index in [4.69, 9.17) is 14.2 Å². The molecule has 2 aromatic rings. The lowest BCUT2D eigenvalue weighted by Crippen LogP contribution is -2.37. The number of Topliss-reactive ketones (excluding diaryl/α,β-unsaturated/α-hetero) is 1. The zero-order valence-electron chi connectivity index (χ0n) is 21.2. The molecule has 1 aromatic heterocycles. The Morgan fingerprint density at radius 2 is 1.78 bits per heavy atom. The van der Waals surface area contributed by atoms with E-state index in [9.17, 15) is 24.0 Å². The molecule has 1 aromatic carbocycles. The molecule has 0 saturated carbocycles. The molecule has 0 aliphatic carbocycles. The fourth-order valence-corrected chi connectivity index (χ4v) is 4.23. The van der Waals surface area contributed by atoms with Crippen LogP contribution in [0.5, 0.6) is 0 Å². The maximum Gasteiger partial charge on any atom is 0.412 e. The van der Waals surface area contributed by atoms with Gasteiger partial charge in [0.25, 0.3) is 5.56 Å². The summed E-state index contributed by atoms with van der Waals surface area (Å²) in [6, 6.07) is 8.99. The van der Waals surface area contributed by atoms with Gasteiger partial charge >= 0.3 is 18.0 Å². The van der Waals surface area contributed by atoms with Crippen molar-refractivity contribution in [2.45, 2.75) is 64.7 Å². The lowest BCUT2D eigenvalue weighted by Gasteiger charge is -2.25. The second-order valence-electron chi connectivity index (χ2n) is 9.82. The standard InChI is InChI=1S/C26H30N2O8/c1-15(29)17-12-18(27-24(33)36-25(2,3)4)21(30)28-19(22(31)34-6)13-26(5,20(17)28)23(32)35-14-16-10-8-7-9-11-16/h7-12,19H,13-14H2,1-6H3,(H,27,33)/t19-,26+/m0/s1. The number of ketones is 1. The Morgan fingerprint density at radius 1 is 1.14 bits per heavy atom. The minimum absolute atomic E-state index is 0.00813. The average molecular weight is 499 g/mol. The van der Waals surface area contributed by atoms with Crippen molar-refractivity contribution >= 4 is 29.5 Å². The summed E-state index contributed by atoms with van der Waals surface area (Å²) in [6.07, 6.45) is -1.08. The molecule has 192 valence electrons. The van der Waals surface area contributed by atoms with Gasteiger partial charge in [-0.3, -0.25) is 24.3 Å². The van der Waals surface area contributed by atoms with E-state index in [1.807, 2.05) is 6.07 Å². The first kappa shape index (κ1) is 26.7. The topological polar surface area (TPSA) is 130 Å². The third-order valence-corrected chi connectivity index (χ3v) is 5.82. The highest BCUT2D eigenvalue weighted by atomic mass is 16.6. The summed E-state index contributed by atoms with van der Waals surface area (Å²) in [5.41, 5.74) is -2.63. The predicted octanol–water partition coefficient (Wildman–Crippen LogP) is 3.52. The zero-order valence-corrected chi connectivity index (χ0v) is 21.2. The first-order valence-corrected chi connectivity index (χ1v) is 11.4. The third kappa shape index (κ3) is 5.32. The van der Waals surface area contributed by atoms with Gasteiger partial charge in [-0.05, 0) is 46.2 Å². The largest absolute Gasteiger partial charge is 0.467 e. The summed E-state index contributed by atoms with van der Waals surface area (Å²) in [7, 11) is 1.16. The van der Waals surface area contributed by atoms with E-state index in [0.29, 0.717) is 0 Å². The highest BCUT2D eigenvalue weighted by molar-refractivity contribution is 6.00. The number of amides is 1. The van der Waals surface area contributed by atoms with E-state index < -0.39 is 46.4 Å². The monoisotopic (exact) mass is 498 g/mol. The van der Waals surface area contributed by atoms with E-state index in [0.717, 1.165) is 17.2 Å². The molecule has 0 saturated heterocycles. The van der Waals surface area contributed by atoms with E-state index in [2.05, 4.69) is 5.32 Å². The molecular weight excluding hydrogens is 468 g/mol. The molecule has 1 aliphatic heterocycles. The Balaban J connectivity index is 2.11. The fraction of sp³-hybridized carbons (Fsp3) is 0.423. The van der Waals surface area contributed by atoms with E-state index in [1.54, 1.807) is 45.0 Å². The molecule has 2 atom stereocenters. The first-order chi connectivity index (χ1) is 16.8. The molecular formula is C26H30N2O8. The van der Waals surface area contributed by atoms with Crippen LogP contribution in [0.4, 0.5) is 10.5 Å². The van der Waals surface area contributed by atoms with Crippen LogP contribution >= 0.6 is 0 Å². The molecule has 10 nitrogen and oxygen atoms in total. The van der Waals surface area contributed by atoms with Gasteiger partial charge in [-0.1, -0.05) is 30.3 Å². The highest BCUT2D eigenvalue weighted by Gasteiger charge is 2.52. The maximum absolute atomic E-state index is 13.5. The molecule has 0 bridgehead atoms. The van der Waals surface area contributed by atoms with Crippen LogP contribution in [0.25, 0.3) is 0 Å². The summed E-state index contributed by atoms with van der Waals surface area (Å²) < 4.78 is 16.7. The van der Waals surface area contributed by atoms with Crippen LogP contribution in [-0.2, 0) is 35.8 Å². The van der Waals surface area contributed by atoms with Crippen LogP contribution in [-0.4, -0.2) is 41.1 Å². The van der Waals surface area contributed by atoms with Gasteiger partial charge < -0.3 is 14.2 Å². The SMILES string of the molecule is COC(=O)[C@@H]1C[C@@](C)(C(=O)OCc2ccccc2)c2c(C(C)=O)cc(NC(=O)OC(C)(C)C)c(=O)n21. The van der Waals surface area contributed by atoms with Crippen molar-refractivity contribution < 1.29 is 33.4 Å². The number of aromatic nitrogens is 1. The summed E-state index contributed by atoms with van der Waals surface area (Å²) in [4.78, 5) is 64.6. The van der Waals surface area contributed by atoms with Gasteiger partial charge in [0.1, 0.15) is 29.4 Å². The van der Waals surface area contributed by atoms with Crippen molar-refractivity contribution in [3.8, 4) is 0 Å². The smallest absolute Gasteiger partial charge is 0.412 e. The summed E-state index contributed by atoms with van der Waals surface area (Å²) in [5.74, 6) is -1.96. The minimum Gasteiger partial charge on any atom is -0.467 e. The number of rotatable bonds is 6. The van der Waals surface area contributed by atoms with Crippen LogP contribution < -0.4 is 10.9 Å². The number of esters is 2. The van der Waals surface area contributed by atoms with Crippen molar-refractivity contribution in [3.63, 3.8) is 0 Å². The summed E-state index contributed by atoms with van der Waals surface area (Å²) in [6.45, 7) is 7.71. The Labute approximate surface area is 208 Å². The van der Waals surface area contributed by atoms with Crippen molar-refractivity contribution in [3.05, 3.63) is 63.6 Å². The molecule has 10 heteroatoms. The normalized spacial score (nSPS) is 18.7. The van der Waals surface area contributed by atoms with E-state index in [-0.39, 0.29) is 30.0 Å². The van der Waals surface area contributed by atoms with Crippen LogP contribution in [0.15, 0.2) is 41.2 Å². The number of pyridine rings is 1. The maximum atomic E-state index is 13.5. The Morgan fingerprint density at radius 3 is 2.33 bits per heavy atom. The molecule has 3 rings (SSSR count). The molecule has 36 heavy (non-hydrogen) atoms. The second kappa shape index (κ2) is 9.96. The Bertz CT molecular complexity index is 1260. The van der Waals surface area contributed by atoms with Crippen molar-refractivity contribution in [1.82, 2.24) is 4.57 Å². The molecule has 1 amide bonds. The highest BCUT2D eigenvalue weighted by Crippen LogP contribution is 2.44. The number of anilines is 1. The Kier molecular flexibility index (Phi) is 7.38. The number of ether oxygens (including phenoxy) is 3. The quantitative estimate of drug-likeness (QED) is 0.364. The van der Waals surface area contributed by atoms with Gasteiger partial charge in [0.2, 0.25) is 0 Å². The number of fused-ring (bicyclic) bond motifs is 1. The average Bonchev–Trinajstić information content (AvgIpc) is 3.13. The molecule has 0 unspecified atom stereocenters.